The first-order valence-electron chi connectivity index (χ1n) is 10.9. The van der Waals surface area contributed by atoms with Gasteiger partial charge in [0.2, 0.25) is 0 Å². The Morgan fingerprint density at radius 2 is 2.10 bits per heavy atom. The Morgan fingerprint density at radius 1 is 1.26 bits per heavy atom. The maximum absolute atomic E-state index is 13.6. The molecule has 1 fully saturated rings. The normalized spacial score (nSPS) is 17.9. The monoisotopic (exact) mass is 445 g/mol. The van der Waals surface area contributed by atoms with E-state index in [1.165, 1.54) is 10.0 Å². The molecule has 0 spiro atoms. The van der Waals surface area contributed by atoms with Crippen molar-refractivity contribution in [2.24, 2.45) is 0 Å². The van der Waals surface area contributed by atoms with Gasteiger partial charge in [0, 0.05) is 24.8 Å². The Labute approximate surface area is 184 Å². The smallest absolute Gasteiger partial charge is 0.268 e. The molecule has 3 N–H and O–H groups in total. The minimum absolute atomic E-state index is 0.0635. The molecule has 1 aromatic heterocycles. The molecule has 31 heavy (non-hydrogen) atoms. The molecular formula is C23H31N3O4S. The van der Waals surface area contributed by atoms with Crippen molar-refractivity contribution in [1.82, 2.24) is 14.6 Å². The number of nitrogens with one attached hydrogen (secondary N) is 2. The van der Waals surface area contributed by atoms with Crippen LogP contribution < -0.4 is 15.4 Å². The molecule has 1 aromatic carbocycles. The third kappa shape index (κ3) is 5.38. The topological polar surface area (TPSA) is 92.6 Å². The van der Waals surface area contributed by atoms with Crippen LogP contribution in [0.15, 0.2) is 47.5 Å². The van der Waals surface area contributed by atoms with Gasteiger partial charge in [0.15, 0.2) is 0 Å². The standard InChI is InChI=1S/C23H31N3O4S/c1-24-14-17-12-22(18-6-3-2-4-7-18)26(15-17)31(28,29)21-9-5-8-20(13-21)30-16-23(27)25-19-10-11-19/h5-6,8-9,12-13,15,19,23-25,27H,2-4,7,10-11,14,16H2,1H3. The quantitative estimate of drug-likeness (QED) is 0.487. The number of rotatable bonds is 10. The van der Waals surface area contributed by atoms with E-state index in [1.54, 1.807) is 24.4 Å². The lowest BCUT2D eigenvalue weighted by Gasteiger charge is -2.17. The van der Waals surface area contributed by atoms with Crippen molar-refractivity contribution in [1.29, 1.82) is 0 Å². The van der Waals surface area contributed by atoms with E-state index >= 15 is 0 Å². The van der Waals surface area contributed by atoms with Gasteiger partial charge in [-0.15, -0.1) is 0 Å². The Hall–Kier alpha value is -2.13. The van der Waals surface area contributed by atoms with Gasteiger partial charge in [-0.2, -0.15) is 0 Å². The lowest BCUT2D eigenvalue weighted by molar-refractivity contribution is 0.0772. The Kier molecular flexibility index (Phi) is 6.81. The number of aliphatic hydroxyl groups excluding tert-OH is 1. The lowest BCUT2D eigenvalue weighted by Crippen LogP contribution is -2.35. The molecule has 2 aliphatic carbocycles. The first-order chi connectivity index (χ1) is 15.0. The minimum Gasteiger partial charge on any atom is -0.489 e. The summed E-state index contributed by atoms with van der Waals surface area (Å²) >= 11 is 0. The summed E-state index contributed by atoms with van der Waals surface area (Å²) in [6.45, 7) is 0.659. The summed E-state index contributed by atoms with van der Waals surface area (Å²) in [5, 5.41) is 16.1. The van der Waals surface area contributed by atoms with Crippen molar-refractivity contribution < 1.29 is 18.3 Å². The molecule has 1 unspecified atom stereocenters. The van der Waals surface area contributed by atoms with Crippen molar-refractivity contribution in [2.75, 3.05) is 13.7 Å². The number of aliphatic hydroxyl groups is 1. The second kappa shape index (κ2) is 9.56. The molecule has 2 aromatic rings. The zero-order valence-electron chi connectivity index (χ0n) is 17.9. The number of hydrogen-bond acceptors (Lipinski definition) is 6. The summed E-state index contributed by atoms with van der Waals surface area (Å²) in [5.74, 6) is 0.416. The average molecular weight is 446 g/mol. The van der Waals surface area contributed by atoms with Gasteiger partial charge in [-0.05, 0) is 74.9 Å². The molecule has 0 amide bonds. The van der Waals surface area contributed by atoms with Crippen molar-refractivity contribution in [3.8, 4) is 5.75 Å². The van der Waals surface area contributed by atoms with Crippen LogP contribution in [0.3, 0.4) is 0 Å². The van der Waals surface area contributed by atoms with Crippen LogP contribution in [0, 0.1) is 0 Å². The van der Waals surface area contributed by atoms with Crippen LogP contribution in [-0.4, -0.2) is 43.4 Å². The molecule has 1 atom stereocenters. The van der Waals surface area contributed by atoms with E-state index in [0.717, 1.165) is 55.4 Å². The van der Waals surface area contributed by atoms with Crippen LogP contribution in [0.2, 0.25) is 0 Å². The van der Waals surface area contributed by atoms with Crippen molar-refractivity contribution in [3.63, 3.8) is 0 Å². The molecular weight excluding hydrogens is 414 g/mol. The molecule has 8 heteroatoms. The summed E-state index contributed by atoms with van der Waals surface area (Å²) in [4.78, 5) is 0.166. The number of aromatic nitrogens is 1. The number of allylic oxidation sites excluding steroid dienone is 2. The maximum atomic E-state index is 13.6. The maximum Gasteiger partial charge on any atom is 0.268 e. The second-order valence-corrected chi connectivity index (χ2v) is 10.1. The highest BCUT2D eigenvalue weighted by Crippen LogP contribution is 2.31. The number of nitrogens with zero attached hydrogens (tertiary/aromatic N) is 1. The molecule has 0 bridgehead atoms. The van der Waals surface area contributed by atoms with E-state index in [0.29, 0.717) is 18.3 Å². The fourth-order valence-corrected chi connectivity index (χ4v) is 5.33. The van der Waals surface area contributed by atoms with E-state index in [1.807, 2.05) is 13.1 Å². The molecule has 4 rings (SSSR count). The number of benzene rings is 1. The molecule has 168 valence electrons. The Bertz CT molecular complexity index is 1040. The van der Waals surface area contributed by atoms with E-state index < -0.39 is 16.3 Å². The van der Waals surface area contributed by atoms with Gasteiger partial charge in [-0.25, -0.2) is 12.4 Å². The predicted octanol–water partition coefficient (Wildman–Crippen LogP) is 2.85. The minimum atomic E-state index is -3.80. The van der Waals surface area contributed by atoms with E-state index in [2.05, 4.69) is 16.7 Å². The third-order valence-electron chi connectivity index (χ3n) is 5.62. The Morgan fingerprint density at radius 3 is 2.81 bits per heavy atom. The van der Waals surface area contributed by atoms with Gasteiger partial charge in [0.05, 0.1) is 10.6 Å². The van der Waals surface area contributed by atoms with Crippen LogP contribution in [0.5, 0.6) is 5.75 Å². The summed E-state index contributed by atoms with van der Waals surface area (Å²) in [6, 6.07) is 8.80. The Balaban J connectivity index is 1.59. The first kappa shape index (κ1) is 22.1. The fraction of sp³-hybridized carbons (Fsp3) is 0.478. The number of ether oxygens (including phenoxy) is 1. The second-order valence-electron chi connectivity index (χ2n) is 8.28. The molecule has 0 radical (unpaired) electrons. The molecule has 7 nitrogen and oxygen atoms in total. The average Bonchev–Trinajstić information content (AvgIpc) is 3.48. The third-order valence-corrected chi connectivity index (χ3v) is 7.29. The summed E-state index contributed by atoms with van der Waals surface area (Å²) in [7, 11) is -1.95. The van der Waals surface area contributed by atoms with Crippen LogP contribution in [0.1, 0.15) is 49.8 Å². The zero-order valence-corrected chi connectivity index (χ0v) is 18.7. The summed E-state index contributed by atoms with van der Waals surface area (Å²) in [5.41, 5.74) is 2.74. The lowest BCUT2D eigenvalue weighted by atomic mass is 9.97. The molecule has 2 aliphatic rings. The van der Waals surface area contributed by atoms with E-state index in [4.69, 9.17) is 4.74 Å². The van der Waals surface area contributed by atoms with E-state index in [-0.39, 0.29) is 11.5 Å². The van der Waals surface area contributed by atoms with Crippen molar-refractivity contribution >= 4 is 15.6 Å². The zero-order chi connectivity index (χ0) is 21.8. The summed E-state index contributed by atoms with van der Waals surface area (Å²) in [6.07, 6.45) is 9.28. The molecule has 1 saturated carbocycles. The van der Waals surface area contributed by atoms with Crippen LogP contribution >= 0.6 is 0 Å². The molecule has 1 heterocycles. The van der Waals surface area contributed by atoms with Gasteiger partial charge >= 0.3 is 0 Å². The largest absolute Gasteiger partial charge is 0.489 e. The first-order valence-corrected chi connectivity index (χ1v) is 12.4. The van der Waals surface area contributed by atoms with Crippen LogP contribution in [-0.2, 0) is 16.6 Å². The highest BCUT2D eigenvalue weighted by atomic mass is 32.2. The van der Waals surface area contributed by atoms with Crippen molar-refractivity contribution in [3.05, 3.63) is 53.9 Å². The van der Waals surface area contributed by atoms with Gasteiger partial charge < -0.3 is 15.2 Å². The van der Waals surface area contributed by atoms with Gasteiger partial charge in [0.1, 0.15) is 18.6 Å². The molecule has 0 saturated heterocycles. The summed E-state index contributed by atoms with van der Waals surface area (Å²) < 4.78 is 34.2. The van der Waals surface area contributed by atoms with Gasteiger partial charge in [0.25, 0.3) is 10.0 Å². The van der Waals surface area contributed by atoms with E-state index in [9.17, 15) is 13.5 Å². The highest BCUT2D eigenvalue weighted by molar-refractivity contribution is 7.90. The predicted molar refractivity (Wildman–Crippen MR) is 120 cm³/mol. The van der Waals surface area contributed by atoms with Crippen LogP contribution in [0.4, 0.5) is 0 Å². The number of hydrogen-bond donors (Lipinski definition) is 3. The SMILES string of the molecule is CNCc1cc(C2=CCCCC2)n(S(=O)(=O)c2cccc(OCC(O)NC3CC3)c2)c1. The van der Waals surface area contributed by atoms with Crippen molar-refractivity contribution in [2.45, 2.75) is 62.2 Å². The van der Waals surface area contributed by atoms with Crippen LogP contribution in [0.25, 0.3) is 5.57 Å². The fourth-order valence-electron chi connectivity index (χ4n) is 3.88. The highest BCUT2D eigenvalue weighted by Gasteiger charge is 2.25. The van der Waals surface area contributed by atoms with Gasteiger partial charge in [-0.1, -0.05) is 12.1 Å². The van der Waals surface area contributed by atoms with Gasteiger partial charge in [-0.3, -0.25) is 5.32 Å². The molecule has 0 aliphatic heterocycles.